The number of carbonyl (C=O) groups is 2. The summed E-state index contributed by atoms with van der Waals surface area (Å²) in [6.45, 7) is 8.77. The van der Waals surface area contributed by atoms with Crippen molar-refractivity contribution in [1.29, 1.82) is 0 Å². The first kappa shape index (κ1) is 22.1. The Hall–Kier alpha value is -0.860. The topological polar surface area (TPSA) is 43.4 Å². The molecule has 0 spiro atoms. The van der Waals surface area contributed by atoms with E-state index in [4.69, 9.17) is 4.74 Å². The third-order valence-electron chi connectivity index (χ3n) is 4.60. The maximum absolute atomic E-state index is 12.3. The number of hydrogen-bond acceptors (Lipinski definition) is 3. The number of carbonyl (C=O) groups excluding carboxylic acids is 2. The van der Waals surface area contributed by atoms with Crippen LogP contribution in [0.2, 0.25) is 0 Å². The van der Waals surface area contributed by atoms with Crippen LogP contribution in [0.25, 0.3) is 0 Å². The molecule has 0 aromatic heterocycles. The number of esters is 1. The zero-order chi connectivity index (χ0) is 17.5. The Morgan fingerprint density at radius 1 is 0.739 bits per heavy atom. The summed E-state index contributed by atoms with van der Waals surface area (Å²) < 4.78 is 5.45. The Balaban J connectivity index is 4.19. The number of rotatable bonds is 15. The Morgan fingerprint density at radius 2 is 1.30 bits per heavy atom. The lowest BCUT2D eigenvalue weighted by Crippen LogP contribution is -2.31. The van der Waals surface area contributed by atoms with E-state index in [9.17, 15) is 9.59 Å². The zero-order valence-corrected chi connectivity index (χ0v) is 15.9. The molecule has 0 amide bonds. The maximum atomic E-state index is 12.3. The molecule has 0 rings (SSSR count). The Labute approximate surface area is 143 Å². The van der Waals surface area contributed by atoms with Gasteiger partial charge in [0.1, 0.15) is 5.78 Å². The molecule has 2 unspecified atom stereocenters. The highest BCUT2D eigenvalue weighted by atomic mass is 16.5. The zero-order valence-electron chi connectivity index (χ0n) is 15.9. The van der Waals surface area contributed by atoms with E-state index >= 15 is 0 Å². The molecule has 0 aromatic rings. The lowest BCUT2D eigenvalue weighted by atomic mass is 9.83. The molecular formula is C20H38O3. The van der Waals surface area contributed by atoms with E-state index in [0.717, 1.165) is 32.1 Å². The summed E-state index contributed by atoms with van der Waals surface area (Å²) in [4.78, 5) is 24.6. The minimum Gasteiger partial charge on any atom is -0.465 e. The van der Waals surface area contributed by atoms with Crippen molar-refractivity contribution in [2.45, 2.75) is 98.3 Å². The van der Waals surface area contributed by atoms with Gasteiger partial charge in [0.15, 0.2) is 0 Å². The molecule has 0 saturated heterocycles. The van der Waals surface area contributed by atoms with Crippen molar-refractivity contribution in [3.63, 3.8) is 0 Å². The smallest absolute Gasteiger partial charge is 0.309 e. The van der Waals surface area contributed by atoms with Crippen molar-refractivity contribution in [2.75, 3.05) is 6.61 Å². The summed E-state index contributed by atoms with van der Waals surface area (Å²) in [5.41, 5.74) is 0. The molecule has 0 aromatic carbocycles. The Kier molecular flexibility index (Phi) is 14.2. The summed E-state index contributed by atoms with van der Waals surface area (Å²) in [6, 6.07) is 0. The molecule has 3 nitrogen and oxygen atoms in total. The lowest BCUT2D eigenvalue weighted by molar-refractivity contribution is -0.153. The summed E-state index contributed by atoms with van der Waals surface area (Å²) in [5, 5.41) is 0. The first-order valence-corrected chi connectivity index (χ1v) is 9.81. The fourth-order valence-electron chi connectivity index (χ4n) is 3.05. The van der Waals surface area contributed by atoms with E-state index < -0.39 is 0 Å². The second kappa shape index (κ2) is 14.7. The van der Waals surface area contributed by atoms with Crippen molar-refractivity contribution < 1.29 is 14.3 Å². The quantitative estimate of drug-likeness (QED) is 0.286. The van der Waals surface area contributed by atoms with E-state index in [1.807, 2.05) is 13.8 Å². The normalized spacial score (nSPS) is 13.6. The molecule has 23 heavy (non-hydrogen) atoms. The van der Waals surface area contributed by atoms with Gasteiger partial charge in [-0.2, -0.15) is 0 Å². The molecule has 0 bridgehead atoms. The fraction of sp³-hybridized carbons (Fsp3) is 0.900. The number of ketones is 1. The van der Waals surface area contributed by atoms with Gasteiger partial charge in [-0.3, -0.25) is 9.59 Å². The maximum Gasteiger partial charge on any atom is 0.309 e. The number of hydrogen-bond donors (Lipinski definition) is 0. The van der Waals surface area contributed by atoms with Gasteiger partial charge in [0.05, 0.1) is 12.5 Å². The third kappa shape index (κ3) is 9.78. The van der Waals surface area contributed by atoms with Crippen LogP contribution in [0.3, 0.4) is 0 Å². The van der Waals surface area contributed by atoms with Crippen LogP contribution in [-0.4, -0.2) is 18.4 Å². The van der Waals surface area contributed by atoms with Crippen LogP contribution in [0.15, 0.2) is 0 Å². The highest BCUT2D eigenvalue weighted by molar-refractivity contribution is 5.86. The number of Topliss-reactive ketones (excluding diaryl/α,β-unsaturated/α-hetero) is 1. The Morgan fingerprint density at radius 3 is 1.87 bits per heavy atom. The predicted molar refractivity (Wildman–Crippen MR) is 96.4 cm³/mol. The minimum absolute atomic E-state index is 0.163. The van der Waals surface area contributed by atoms with Gasteiger partial charge in [0.25, 0.3) is 0 Å². The van der Waals surface area contributed by atoms with Crippen molar-refractivity contribution in [3.05, 3.63) is 0 Å². The average Bonchev–Trinajstić information content (AvgIpc) is 2.56. The van der Waals surface area contributed by atoms with E-state index in [0.29, 0.717) is 19.4 Å². The van der Waals surface area contributed by atoms with Crippen LogP contribution >= 0.6 is 0 Å². The standard InChI is InChI=1S/C20H38O3/c1-5-9-11-12-13-14-16-23-20(22)18(8-4)17(7-3)19(21)15-10-6-2/h17-18H,5-16H2,1-4H3. The van der Waals surface area contributed by atoms with Gasteiger partial charge in [-0.1, -0.05) is 66.2 Å². The fourth-order valence-corrected chi connectivity index (χ4v) is 3.05. The molecule has 0 saturated carbocycles. The summed E-state index contributed by atoms with van der Waals surface area (Å²) >= 11 is 0. The molecule has 2 atom stereocenters. The summed E-state index contributed by atoms with van der Waals surface area (Å²) in [5.74, 6) is -0.358. The average molecular weight is 327 g/mol. The lowest BCUT2D eigenvalue weighted by Gasteiger charge is -2.22. The van der Waals surface area contributed by atoms with Crippen molar-refractivity contribution >= 4 is 11.8 Å². The predicted octanol–water partition coefficient (Wildman–Crippen LogP) is 5.70. The second-order valence-corrected chi connectivity index (χ2v) is 6.53. The highest BCUT2D eigenvalue weighted by Crippen LogP contribution is 2.24. The molecule has 0 aliphatic carbocycles. The summed E-state index contributed by atoms with van der Waals surface area (Å²) in [7, 11) is 0. The molecular weight excluding hydrogens is 288 g/mol. The van der Waals surface area contributed by atoms with Crippen molar-refractivity contribution in [1.82, 2.24) is 0 Å². The van der Waals surface area contributed by atoms with Crippen LogP contribution in [0.4, 0.5) is 0 Å². The van der Waals surface area contributed by atoms with Gasteiger partial charge < -0.3 is 4.74 Å². The van der Waals surface area contributed by atoms with Gasteiger partial charge >= 0.3 is 5.97 Å². The van der Waals surface area contributed by atoms with E-state index in [2.05, 4.69) is 13.8 Å². The van der Waals surface area contributed by atoms with Crippen LogP contribution in [0.5, 0.6) is 0 Å². The number of unbranched alkanes of at least 4 members (excludes halogenated alkanes) is 6. The van der Waals surface area contributed by atoms with Gasteiger partial charge in [0, 0.05) is 12.3 Å². The van der Waals surface area contributed by atoms with E-state index in [1.165, 1.54) is 25.7 Å². The Bertz CT molecular complexity index is 312. The van der Waals surface area contributed by atoms with Crippen molar-refractivity contribution in [2.24, 2.45) is 11.8 Å². The van der Waals surface area contributed by atoms with Crippen LogP contribution < -0.4 is 0 Å². The SMILES string of the molecule is CCCCCCCCOC(=O)C(CC)C(CC)C(=O)CCCC. The second-order valence-electron chi connectivity index (χ2n) is 6.53. The minimum atomic E-state index is -0.260. The van der Waals surface area contributed by atoms with Gasteiger partial charge in [-0.15, -0.1) is 0 Å². The first-order valence-electron chi connectivity index (χ1n) is 9.81. The molecule has 0 radical (unpaired) electrons. The molecule has 136 valence electrons. The monoisotopic (exact) mass is 326 g/mol. The first-order chi connectivity index (χ1) is 11.1. The van der Waals surface area contributed by atoms with E-state index in [1.54, 1.807) is 0 Å². The molecule has 0 aliphatic rings. The third-order valence-corrected chi connectivity index (χ3v) is 4.60. The van der Waals surface area contributed by atoms with Crippen LogP contribution in [0.1, 0.15) is 98.3 Å². The largest absolute Gasteiger partial charge is 0.465 e. The molecule has 0 aliphatic heterocycles. The van der Waals surface area contributed by atoms with Crippen molar-refractivity contribution in [3.8, 4) is 0 Å². The van der Waals surface area contributed by atoms with E-state index in [-0.39, 0.29) is 23.6 Å². The van der Waals surface area contributed by atoms with Gasteiger partial charge in [-0.25, -0.2) is 0 Å². The number of ether oxygens (including phenoxy) is 1. The summed E-state index contributed by atoms with van der Waals surface area (Å²) in [6.07, 6.45) is 11.0. The van der Waals surface area contributed by atoms with Gasteiger partial charge in [-0.05, 0) is 25.7 Å². The molecule has 0 N–H and O–H groups in total. The molecule has 0 heterocycles. The van der Waals surface area contributed by atoms with Crippen LogP contribution in [-0.2, 0) is 14.3 Å². The highest BCUT2D eigenvalue weighted by Gasteiger charge is 2.31. The van der Waals surface area contributed by atoms with Crippen LogP contribution in [0, 0.1) is 11.8 Å². The molecule has 3 heteroatoms. The van der Waals surface area contributed by atoms with Gasteiger partial charge in [0.2, 0.25) is 0 Å². The molecule has 0 fully saturated rings.